The van der Waals surface area contributed by atoms with Gasteiger partial charge in [0.25, 0.3) is 0 Å². The van der Waals surface area contributed by atoms with Gasteiger partial charge in [0.2, 0.25) is 5.91 Å². The molecule has 1 aliphatic carbocycles. The Morgan fingerprint density at radius 2 is 2.11 bits per heavy atom. The number of alkyl carbamates (subject to hydrolysis) is 1. The maximum absolute atomic E-state index is 12.7. The fourth-order valence-corrected chi connectivity index (χ4v) is 5.52. The van der Waals surface area contributed by atoms with E-state index in [9.17, 15) is 9.59 Å². The van der Waals surface area contributed by atoms with Crippen molar-refractivity contribution in [1.29, 1.82) is 0 Å². The molecule has 0 saturated heterocycles. The number of amides is 2. The van der Waals surface area contributed by atoms with Crippen molar-refractivity contribution in [3.05, 3.63) is 76.8 Å². The molecule has 198 valence electrons. The van der Waals surface area contributed by atoms with Crippen molar-refractivity contribution in [2.24, 2.45) is 11.7 Å². The zero-order valence-electron chi connectivity index (χ0n) is 21.3. The number of anilines is 2. The second-order valence-corrected chi connectivity index (χ2v) is 9.84. The lowest BCUT2D eigenvalue weighted by Gasteiger charge is -2.22. The number of para-hydroxylation sites is 1. The molecule has 0 aliphatic heterocycles. The minimum atomic E-state index is -0.476. The molecule has 0 radical (unpaired) electrons. The average Bonchev–Trinajstić information content (AvgIpc) is 3.20. The van der Waals surface area contributed by atoms with Crippen LogP contribution in [0.3, 0.4) is 0 Å². The molecule has 0 bridgehead atoms. The van der Waals surface area contributed by atoms with E-state index in [1.165, 1.54) is 17.5 Å². The molecule has 1 aliphatic rings. The van der Waals surface area contributed by atoms with Crippen molar-refractivity contribution in [3.63, 3.8) is 0 Å². The number of hydrogen-bond donors (Lipinski definition) is 4. The lowest BCUT2D eigenvalue weighted by molar-refractivity contribution is -0.116. The van der Waals surface area contributed by atoms with Gasteiger partial charge in [0.1, 0.15) is 10.8 Å². The van der Waals surface area contributed by atoms with E-state index in [1.54, 1.807) is 18.2 Å². The van der Waals surface area contributed by atoms with E-state index < -0.39 is 6.09 Å². The van der Waals surface area contributed by atoms with Gasteiger partial charge >= 0.3 is 6.09 Å². The number of hydrogen-bond acceptors (Lipinski definition) is 7. The van der Waals surface area contributed by atoms with Gasteiger partial charge in [-0.3, -0.25) is 4.79 Å². The summed E-state index contributed by atoms with van der Waals surface area (Å²) in [4.78, 5) is 25.9. The van der Waals surface area contributed by atoms with Crippen LogP contribution in [-0.4, -0.2) is 31.8 Å². The predicted octanol–water partition coefficient (Wildman–Crippen LogP) is 4.72. The lowest BCUT2D eigenvalue weighted by atomic mass is 9.89. The monoisotopic (exact) mass is 524 g/mol. The van der Waals surface area contributed by atoms with Crippen LogP contribution < -0.4 is 26.8 Å². The first-order chi connectivity index (χ1) is 17.9. The molecule has 6 N–H and O–H groups in total. The number of benzene rings is 1. The van der Waals surface area contributed by atoms with Crippen LogP contribution in [-0.2, 0) is 28.8 Å². The van der Waals surface area contributed by atoms with Crippen molar-refractivity contribution < 1.29 is 19.1 Å². The molecule has 0 fully saturated rings. The van der Waals surface area contributed by atoms with Gasteiger partial charge in [0, 0.05) is 17.8 Å². The van der Waals surface area contributed by atoms with Crippen LogP contribution in [0, 0.1) is 5.92 Å². The quantitative estimate of drug-likeness (QED) is 0.298. The maximum Gasteiger partial charge on any atom is 0.407 e. The number of nitrogens with one attached hydrogen (secondary N) is 2. The topological polar surface area (TPSA) is 129 Å². The Morgan fingerprint density at radius 3 is 2.86 bits per heavy atom. The third-order valence-electron chi connectivity index (χ3n) is 6.08. The summed E-state index contributed by atoms with van der Waals surface area (Å²) >= 11 is 1.51. The number of thiophene rings is 1. The minimum Gasteiger partial charge on any atom is -0.494 e. The summed E-state index contributed by atoms with van der Waals surface area (Å²) in [6, 6.07) is 7.77. The van der Waals surface area contributed by atoms with Crippen LogP contribution >= 0.6 is 11.3 Å². The van der Waals surface area contributed by atoms with Gasteiger partial charge in [-0.2, -0.15) is 0 Å². The van der Waals surface area contributed by atoms with Crippen molar-refractivity contribution >= 4 is 34.0 Å². The predicted molar refractivity (Wildman–Crippen MR) is 150 cm³/mol. The SMILES string of the molecule is C=C/C=C(\C=C/N)CNC(=O)OCC1CCc2c(sc(NC(=O)CCc3ccccc3OCC)c2N)C1. The van der Waals surface area contributed by atoms with Crippen LogP contribution in [0.15, 0.2) is 60.8 Å². The van der Waals surface area contributed by atoms with Crippen LogP contribution in [0.4, 0.5) is 15.5 Å². The van der Waals surface area contributed by atoms with Crippen LogP contribution in [0.1, 0.15) is 35.8 Å². The van der Waals surface area contributed by atoms with Gasteiger partial charge in [-0.15, -0.1) is 11.3 Å². The van der Waals surface area contributed by atoms with E-state index in [0.29, 0.717) is 43.3 Å². The molecule has 1 heterocycles. The zero-order valence-corrected chi connectivity index (χ0v) is 22.1. The summed E-state index contributed by atoms with van der Waals surface area (Å²) in [6.45, 7) is 6.79. The number of aryl methyl sites for hydroxylation is 1. The Balaban J connectivity index is 1.49. The highest BCUT2D eigenvalue weighted by atomic mass is 32.1. The Bertz CT molecular complexity index is 1160. The van der Waals surface area contributed by atoms with E-state index >= 15 is 0 Å². The number of rotatable bonds is 12. The molecule has 3 rings (SSSR count). The fraction of sp³-hybridized carbons (Fsp3) is 0.357. The van der Waals surface area contributed by atoms with Crippen LogP contribution in [0.25, 0.3) is 0 Å². The first-order valence-electron chi connectivity index (χ1n) is 12.5. The second kappa shape index (κ2) is 14.1. The number of nitrogen functional groups attached to an aromatic ring is 1. The zero-order chi connectivity index (χ0) is 26.6. The molecule has 1 aromatic heterocycles. The maximum atomic E-state index is 12.7. The molecule has 2 aromatic rings. The van der Waals surface area contributed by atoms with Crippen molar-refractivity contribution in [2.75, 3.05) is 30.8 Å². The molecule has 1 aromatic carbocycles. The van der Waals surface area contributed by atoms with Crippen LogP contribution in [0.2, 0.25) is 0 Å². The number of allylic oxidation sites excluding steroid dienone is 2. The molecule has 9 heteroatoms. The molecule has 8 nitrogen and oxygen atoms in total. The summed E-state index contributed by atoms with van der Waals surface area (Å²) in [5, 5.41) is 6.41. The number of fused-ring (bicyclic) bond motifs is 1. The highest BCUT2D eigenvalue weighted by molar-refractivity contribution is 7.17. The third kappa shape index (κ3) is 8.15. The minimum absolute atomic E-state index is 0.0810. The summed E-state index contributed by atoms with van der Waals surface area (Å²) in [7, 11) is 0. The standard InChI is InChI=1S/C28H36N4O4S/c1-3-7-19(14-15-29)17-31-28(34)36-18-20-10-12-22-24(16-20)37-27(26(22)30)32-25(33)13-11-21-8-5-6-9-23(21)35-4-2/h3,5-9,14-15,20H,1,4,10-13,16-18,29-30H2,2H3,(H,31,34)(H,32,33)/b15-14-,19-7+. The summed E-state index contributed by atoms with van der Waals surface area (Å²) in [5.41, 5.74) is 15.4. The third-order valence-corrected chi connectivity index (χ3v) is 7.27. The van der Waals surface area contributed by atoms with Gasteiger partial charge < -0.3 is 31.6 Å². The first-order valence-corrected chi connectivity index (χ1v) is 13.3. The van der Waals surface area contributed by atoms with Crippen molar-refractivity contribution in [1.82, 2.24) is 5.32 Å². The molecule has 37 heavy (non-hydrogen) atoms. The van der Waals surface area contributed by atoms with E-state index in [4.69, 9.17) is 20.9 Å². The molecular formula is C28H36N4O4S. The van der Waals surface area contributed by atoms with E-state index in [-0.39, 0.29) is 11.8 Å². The second-order valence-electron chi connectivity index (χ2n) is 8.73. The molecule has 2 amide bonds. The van der Waals surface area contributed by atoms with Gasteiger partial charge in [-0.1, -0.05) is 36.9 Å². The molecule has 0 saturated carbocycles. The van der Waals surface area contributed by atoms with E-state index in [1.807, 2.05) is 31.2 Å². The molecular weight excluding hydrogens is 488 g/mol. The van der Waals surface area contributed by atoms with Crippen molar-refractivity contribution in [3.8, 4) is 5.75 Å². The smallest absolute Gasteiger partial charge is 0.407 e. The van der Waals surface area contributed by atoms with E-state index in [2.05, 4.69) is 17.2 Å². The number of carbonyl (C=O) groups is 2. The largest absolute Gasteiger partial charge is 0.494 e. The Kier molecular flexibility index (Phi) is 10.6. The van der Waals surface area contributed by atoms with Crippen LogP contribution in [0.5, 0.6) is 5.75 Å². The van der Waals surface area contributed by atoms with Gasteiger partial charge in [-0.05, 0) is 73.6 Å². The normalized spacial score (nSPS) is 15.2. The Hall–Kier alpha value is -3.72. The molecule has 1 atom stereocenters. The first kappa shape index (κ1) is 27.9. The summed E-state index contributed by atoms with van der Waals surface area (Å²) < 4.78 is 11.1. The number of ether oxygens (including phenoxy) is 2. The van der Waals surface area contributed by atoms with Gasteiger partial charge in [0.05, 0.1) is 18.9 Å². The highest BCUT2D eigenvalue weighted by Gasteiger charge is 2.26. The summed E-state index contributed by atoms with van der Waals surface area (Å²) in [5.74, 6) is 0.927. The van der Waals surface area contributed by atoms with Gasteiger partial charge in [-0.25, -0.2) is 4.79 Å². The highest BCUT2D eigenvalue weighted by Crippen LogP contribution is 2.41. The Morgan fingerprint density at radius 1 is 1.30 bits per heavy atom. The van der Waals surface area contributed by atoms with Gasteiger partial charge in [0.15, 0.2) is 0 Å². The molecule has 1 unspecified atom stereocenters. The molecule has 0 spiro atoms. The lowest BCUT2D eigenvalue weighted by Crippen LogP contribution is -2.29. The number of carbonyl (C=O) groups excluding carboxylic acids is 2. The number of nitrogens with two attached hydrogens (primary N) is 2. The van der Waals surface area contributed by atoms with Crippen molar-refractivity contribution in [2.45, 2.75) is 39.0 Å². The average molecular weight is 525 g/mol. The Labute approximate surface area is 222 Å². The van der Waals surface area contributed by atoms with E-state index in [0.717, 1.165) is 46.6 Å². The summed E-state index contributed by atoms with van der Waals surface area (Å²) in [6.07, 6.45) is 9.36. The fourth-order valence-electron chi connectivity index (χ4n) is 4.22.